The molecule has 2 fully saturated rings. The quantitative estimate of drug-likeness (QED) is 0.555. The van der Waals surface area contributed by atoms with Gasteiger partial charge in [-0.3, -0.25) is 4.79 Å². The molecule has 176 valence electrons. The Hall–Kier alpha value is -2.01. The van der Waals surface area contributed by atoms with Crippen molar-refractivity contribution in [3.8, 4) is 12.3 Å². The molecule has 2 saturated heterocycles. The van der Waals surface area contributed by atoms with E-state index in [0.29, 0.717) is 13.1 Å². The number of rotatable bonds is 6. The van der Waals surface area contributed by atoms with Gasteiger partial charge in [-0.05, 0) is 32.0 Å². The van der Waals surface area contributed by atoms with Crippen molar-refractivity contribution < 1.29 is 26.4 Å². The molecule has 0 aliphatic carbocycles. The minimum atomic E-state index is -3.83. The summed E-state index contributed by atoms with van der Waals surface area (Å²) in [4.78, 5) is 14.4. The molecule has 0 spiro atoms. The van der Waals surface area contributed by atoms with Gasteiger partial charge < -0.3 is 9.64 Å². The summed E-state index contributed by atoms with van der Waals surface area (Å²) in [5.74, 6) is 1.84. The Morgan fingerprint density at radius 3 is 2.31 bits per heavy atom. The average Bonchev–Trinajstić information content (AvgIpc) is 2.77. The van der Waals surface area contributed by atoms with Crippen LogP contribution < -0.4 is 4.72 Å². The van der Waals surface area contributed by atoms with E-state index in [4.69, 9.17) is 11.2 Å². The third-order valence-electron chi connectivity index (χ3n) is 5.32. The first-order valence-corrected chi connectivity index (χ1v) is 13.2. The molecular weight excluding hydrogens is 456 g/mol. The number of piperazine rings is 1. The maximum atomic E-state index is 13.0. The molecule has 1 aromatic rings. The minimum Gasteiger partial charge on any atom is -0.373 e. The number of hydrogen-bond acceptors (Lipinski definition) is 6. The van der Waals surface area contributed by atoms with Crippen LogP contribution in [0.25, 0.3) is 0 Å². The number of hydrogen-bond donors (Lipinski definition) is 1. The van der Waals surface area contributed by atoms with Crippen LogP contribution in [0.3, 0.4) is 0 Å². The Bertz CT molecular complexity index is 1080. The number of carbonyl (C=O) groups excluding carboxylic acids is 1. The van der Waals surface area contributed by atoms with E-state index in [1.54, 1.807) is 0 Å². The van der Waals surface area contributed by atoms with Crippen LogP contribution in [0.1, 0.15) is 24.2 Å². The van der Waals surface area contributed by atoms with E-state index < -0.39 is 20.2 Å². The summed E-state index contributed by atoms with van der Waals surface area (Å²) in [5, 5.41) is 0. The Kier molecular flexibility index (Phi) is 7.59. The van der Waals surface area contributed by atoms with Crippen molar-refractivity contribution in [1.29, 1.82) is 0 Å². The van der Waals surface area contributed by atoms with E-state index >= 15 is 0 Å². The molecule has 2 aliphatic heterocycles. The molecule has 0 aromatic heterocycles. The fourth-order valence-electron chi connectivity index (χ4n) is 3.80. The van der Waals surface area contributed by atoms with Gasteiger partial charge in [-0.1, -0.05) is 12.0 Å². The third-order valence-corrected chi connectivity index (χ3v) is 8.69. The zero-order valence-electron chi connectivity index (χ0n) is 18.1. The SMILES string of the molecule is C#CCNS(=O)(=O)c1cccc(C(=O)N2CCN(S(=O)(=O)N3CC(C)OC(C)C3)CC2)c1. The highest BCUT2D eigenvalue weighted by molar-refractivity contribution is 7.89. The molecule has 0 bridgehead atoms. The molecule has 32 heavy (non-hydrogen) atoms. The van der Waals surface area contributed by atoms with Crippen molar-refractivity contribution in [3.05, 3.63) is 29.8 Å². The maximum absolute atomic E-state index is 13.0. The number of nitrogens with zero attached hydrogens (tertiary/aromatic N) is 3. The maximum Gasteiger partial charge on any atom is 0.282 e. The van der Waals surface area contributed by atoms with Crippen LogP contribution in [0.2, 0.25) is 0 Å². The van der Waals surface area contributed by atoms with Crippen LogP contribution in [-0.4, -0.2) is 94.3 Å². The number of morpholine rings is 1. The summed E-state index contributed by atoms with van der Waals surface area (Å²) in [6.45, 7) is 4.85. The Balaban J connectivity index is 1.66. The van der Waals surface area contributed by atoms with Gasteiger partial charge in [-0.25, -0.2) is 8.42 Å². The van der Waals surface area contributed by atoms with Gasteiger partial charge >= 0.3 is 0 Å². The molecule has 2 unspecified atom stereocenters. The first-order chi connectivity index (χ1) is 15.0. The van der Waals surface area contributed by atoms with E-state index in [-0.39, 0.29) is 61.3 Å². The van der Waals surface area contributed by atoms with Crippen molar-refractivity contribution in [3.63, 3.8) is 0 Å². The summed E-state index contributed by atoms with van der Waals surface area (Å²) >= 11 is 0. The highest BCUT2D eigenvalue weighted by Crippen LogP contribution is 2.20. The molecular formula is C20H28N4O6S2. The van der Waals surface area contributed by atoms with Gasteiger partial charge in [0.05, 0.1) is 23.6 Å². The van der Waals surface area contributed by atoms with Crippen molar-refractivity contribution in [2.24, 2.45) is 0 Å². The molecule has 0 radical (unpaired) electrons. The van der Waals surface area contributed by atoms with E-state index in [0.717, 1.165) is 0 Å². The lowest BCUT2D eigenvalue weighted by Gasteiger charge is -2.40. The second-order valence-corrected chi connectivity index (χ2v) is 11.5. The number of ether oxygens (including phenoxy) is 1. The summed E-state index contributed by atoms with van der Waals surface area (Å²) < 4.78 is 61.3. The van der Waals surface area contributed by atoms with Crippen LogP contribution in [0.4, 0.5) is 0 Å². The van der Waals surface area contributed by atoms with Crippen LogP contribution in [-0.2, 0) is 25.0 Å². The van der Waals surface area contributed by atoms with Crippen molar-refractivity contribution in [2.45, 2.75) is 31.0 Å². The number of nitrogens with one attached hydrogen (secondary N) is 1. The number of sulfonamides is 1. The molecule has 0 saturated carbocycles. The largest absolute Gasteiger partial charge is 0.373 e. The van der Waals surface area contributed by atoms with Gasteiger partial charge in [-0.2, -0.15) is 21.8 Å². The molecule has 2 aliphatic rings. The lowest BCUT2D eigenvalue weighted by molar-refractivity contribution is -0.0457. The van der Waals surface area contributed by atoms with E-state index in [9.17, 15) is 21.6 Å². The van der Waals surface area contributed by atoms with E-state index in [1.807, 2.05) is 13.8 Å². The third kappa shape index (κ3) is 5.48. The molecule has 2 heterocycles. The molecule has 1 N–H and O–H groups in total. The van der Waals surface area contributed by atoms with Gasteiger partial charge in [0.15, 0.2) is 0 Å². The molecule has 2 atom stereocenters. The smallest absolute Gasteiger partial charge is 0.282 e. The fourth-order valence-corrected chi connectivity index (χ4v) is 6.53. The minimum absolute atomic E-state index is 0.0598. The van der Waals surface area contributed by atoms with Gasteiger partial charge in [0, 0.05) is 44.8 Å². The monoisotopic (exact) mass is 484 g/mol. The molecule has 3 rings (SSSR count). The van der Waals surface area contributed by atoms with Gasteiger partial charge in [-0.15, -0.1) is 6.42 Å². The summed E-state index contributed by atoms with van der Waals surface area (Å²) in [6, 6.07) is 5.69. The zero-order chi connectivity index (χ0) is 23.5. The molecule has 12 heteroatoms. The number of carbonyl (C=O) groups is 1. The van der Waals surface area contributed by atoms with Crippen molar-refractivity contribution in [1.82, 2.24) is 18.2 Å². The summed E-state index contributed by atoms with van der Waals surface area (Å²) in [6.07, 6.45) is 4.73. The number of benzene rings is 1. The Morgan fingerprint density at radius 2 is 1.72 bits per heavy atom. The zero-order valence-corrected chi connectivity index (χ0v) is 19.7. The first kappa shape index (κ1) is 24.6. The predicted molar refractivity (Wildman–Crippen MR) is 118 cm³/mol. The highest BCUT2D eigenvalue weighted by Gasteiger charge is 2.37. The van der Waals surface area contributed by atoms with Crippen LogP contribution >= 0.6 is 0 Å². The van der Waals surface area contributed by atoms with Crippen LogP contribution in [0.15, 0.2) is 29.2 Å². The van der Waals surface area contributed by atoms with Gasteiger partial charge in [0.25, 0.3) is 16.1 Å². The lowest BCUT2D eigenvalue weighted by Crippen LogP contribution is -2.57. The Morgan fingerprint density at radius 1 is 1.09 bits per heavy atom. The van der Waals surface area contributed by atoms with Gasteiger partial charge in [0.2, 0.25) is 10.0 Å². The van der Waals surface area contributed by atoms with Crippen LogP contribution in [0.5, 0.6) is 0 Å². The highest BCUT2D eigenvalue weighted by atomic mass is 32.2. The van der Waals surface area contributed by atoms with E-state index in [2.05, 4.69) is 10.6 Å². The predicted octanol–water partition coefficient (Wildman–Crippen LogP) is -0.290. The second kappa shape index (κ2) is 9.86. The average molecular weight is 485 g/mol. The first-order valence-electron chi connectivity index (χ1n) is 10.3. The van der Waals surface area contributed by atoms with Crippen LogP contribution in [0, 0.1) is 12.3 Å². The lowest BCUT2D eigenvalue weighted by atomic mass is 10.2. The number of terminal acetylenes is 1. The second-order valence-electron chi connectivity index (χ2n) is 7.83. The van der Waals surface area contributed by atoms with E-state index in [1.165, 1.54) is 37.8 Å². The van der Waals surface area contributed by atoms with Gasteiger partial charge in [0.1, 0.15) is 0 Å². The summed E-state index contributed by atoms with van der Waals surface area (Å²) in [5.41, 5.74) is 0.209. The number of amides is 1. The molecule has 10 nitrogen and oxygen atoms in total. The molecule has 1 amide bonds. The van der Waals surface area contributed by atoms with Crippen molar-refractivity contribution >= 4 is 26.1 Å². The van der Waals surface area contributed by atoms with Crippen molar-refractivity contribution in [2.75, 3.05) is 45.8 Å². The molecule has 1 aromatic carbocycles. The topological polar surface area (TPSA) is 116 Å². The standard InChI is InChI=1S/C20H28N4O6S2/c1-4-8-21-31(26,27)19-7-5-6-18(13-19)20(25)22-9-11-23(12-10-22)32(28,29)24-14-16(2)30-17(3)15-24/h1,5-7,13,16-17,21H,8-12,14-15H2,2-3H3. The normalized spacial score (nSPS) is 23.6. The Labute approximate surface area is 189 Å². The fraction of sp³-hybridized carbons (Fsp3) is 0.550. The summed E-state index contributed by atoms with van der Waals surface area (Å²) in [7, 11) is -7.48.